The third kappa shape index (κ3) is 3.96. The van der Waals surface area contributed by atoms with Gasteiger partial charge in [-0.2, -0.15) is 0 Å². The average molecular weight is 323 g/mol. The summed E-state index contributed by atoms with van der Waals surface area (Å²) in [6.45, 7) is 1.47. The molecule has 0 bridgehead atoms. The molecule has 3 heteroatoms. The van der Waals surface area contributed by atoms with Gasteiger partial charge in [-0.1, -0.05) is 24.1 Å². The first-order valence-corrected chi connectivity index (χ1v) is 8.38. The van der Waals surface area contributed by atoms with Crippen molar-refractivity contribution < 1.29 is 9.50 Å². The van der Waals surface area contributed by atoms with E-state index in [9.17, 15) is 9.50 Å². The average Bonchev–Trinajstić information content (AvgIpc) is 2.59. The normalized spacial score (nSPS) is 16.6. The topological polar surface area (TPSA) is 23.5 Å². The van der Waals surface area contributed by atoms with E-state index in [0.29, 0.717) is 18.3 Å². The van der Waals surface area contributed by atoms with E-state index in [0.717, 1.165) is 37.8 Å². The molecule has 124 valence electrons. The van der Waals surface area contributed by atoms with E-state index in [2.05, 4.69) is 10.8 Å². The standard InChI is InChI=1S/C21H22FNO/c1-2-12-23(13-11-16-3-7-19(22)8-4-16)20-9-5-17-6-10-21(24)15-18(17)14-20/h1,3-4,6-8,10,15,20,24H,5,9,11-14H2. The molecule has 3 rings (SSSR count). The summed E-state index contributed by atoms with van der Waals surface area (Å²) >= 11 is 0. The zero-order chi connectivity index (χ0) is 16.9. The Morgan fingerprint density at radius 2 is 1.96 bits per heavy atom. The second kappa shape index (κ2) is 7.51. The van der Waals surface area contributed by atoms with Gasteiger partial charge in [0.1, 0.15) is 11.6 Å². The summed E-state index contributed by atoms with van der Waals surface area (Å²) in [5, 5.41) is 9.71. The molecule has 2 aromatic carbocycles. The fourth-order valence-corrected chi connectivity index (χ4v) is 3.47. The van der Waals surface area contributed by atoms with Crippen molar-refractivity contribution >= 4 is 0 Å². The lowest BCUT2D eigenvalue weighted by molar-refractivity contribution is 0.204. The number of fused-ring (bicyclic) bond motifs is 1. The fourth-order valence-electron chi connectivity index (χ4n) is 3.47. The molecule has 0 aromatic heterocycles. The highest BCUT2D eigenvalue weighted by atomic mass is 19.1. The Bertz CT molecular complexity index is 732. The monoisotopic (exact) mass is 323 g/mol. The summed E-state index contributed by atoms with van der Waals surface area (Å²) in [5.41, 5.74) is 3.66. The zero-order valence-corrected chi connectivity index (χ0v) is 13.7. The highest BCUT2D eigenvalue weighted by Gasteiger charge is 2.24. The Morgan fingerprint density at radius 1 is 1.17 bits per heavy atom. The molecule has 0 spiro atoms. The minimum Gasteiger partial charge on any atom is -0.508 e. The van der Waals surface area contributed by atoms with Gasteiger partial charge in [0.2, 0.25) is 0 Å². The van der Waals surface area contributed by atoms with Crippen molar-refractivity contribution in [3.63, 3.8) is 0 Å². The first-order chi connectivity index (χ1) is 11.7. The number of rotatable bonds is 5. The number of nitrogens with zero attached hydrogens (tertiary/aromatic N) is 1. The molecule has 0 aliphatic heterocycles. The van der Waals surface area contributed by atoms with Gasteiger partial charge in [0.25, 0.3) is 0 Å². The minimum atomic E-state index is -0.206. The Labute approximate surface area is 142 Å². The lowest BCUT2D eigenvalue weighted by Crippen LogP contribution is -2.40. The Hall–Kier alpha value is -2.31. The zero-order valence-electron chi connectivity index (χ0n) is 13.7. The van der Waals surface area contributed by atoms with Crippen molar-refractivity contribution in [2.45, 2.75) is 31.7 Å². The van der Waals surface area contributed by atoms with Gasteiger partial charge in [0.05, 0.1) is 6.54 Å². The lowest BCUT2D eigenvalue weighted by atomic mass is 9.87. The Morgan fingerprint density at radius 3 is 2.71 bits per heavy atom. The molecular formula is C21H22FNO. The van der Waals surface area contributed by atoms with Crippen LogP contribution in [0.1, 0.15) is 23.1 Å². The predicted octanol–water partition coefficient (Wildman–Crippen LogP) is 3.57. The van der Waals surface area contributed by atoms with Crippen LogP contribution in [0.25, 0.3) is 0 Å². The van der Waals surface area contributed by atoms with Crippen LogP contribution in [0.3, 0.4) is 0 Å². The van der Waals surface area contributed by atoms with E-state index >= 15 is 0 Å². The molecule has 0 radical (unpaired) electrons. The molecule has 2 nitrogen and oxygen atoms in total. The van der Waals surface area contributed by atoms with Crippen LogP contribution in [0.2, 0.25) is 0 Å². The number of benzene rings is 2. The first-order valence-electron chi connectivity index (χ1n) is 8.38. The Kier molecular flexibility index (Phi) is 5.17. The molecule has 0 fully saturated rings. The van der Waals surface area contributed by atoms with Crippen LogP contribution in [0, 0.1) is 18.2 Å². The van der Waals surface area contributed by atoms with Crippen molar-refractivity contribution in [2.24, 2.45) is 0 Å². The molecule has 0 heterocycles. The molecule has 1 atom stereocenters. The second-order valence-corrected chi connectivity index (χ2v) is 6.40. The molecule has 1 unspecified atom stereocenters. The van der Waals surface area contributed by atoms with Crippen LogP contribution in [0.15, 0.2) is 42.5 Å². The number of phenolic OH excluding ortho intramolecular Hbond substituents is 1. The summed E-state index contributed by atoms with van der Waals surface area (Å²) in [5.74, 6) is 2.88. The molecule has 2 aromatic rings. The highest BCUT2D eigenvalue weighted by Crippen LogP contribution is 2.27. The Balaban J connectivity index is 1.67. The molecule has 1 aliphatic carbocycles. The van der Waals surface area contributed by atoms with Crippen molar-refractivity contribution in [2.75, 3.05) is 13.1 Å². The van der Waals surface area contributed by atoms with E-state index in [-0.39, 0.29) is 5.82 Å². The van der Waals surface area contributed by atoms with Crippen LogP contribution in [-0.4, -0.2) is 29.1 Å². The number of phenols is 1. The van der Waals surface area contributed by atoms with Crippen molar-refractivity contribution in [3.05, 3.63) is 65.0 Å². The molecular weight excluding hydrogens is 301 g/mol. The molecule has 1 aliphatic rings. The van der Waals surface area contributed by atoms with Crippen LogP contribution >= 0.6 is 0 Å². The van der Waals surface area contributed by atoms with Crippen LogP contribution in [0.4, 0.5) is 4.39 Å². The summed E-state index contributed by atoms with van der Waals surface area (Å²) in [4.78, 5) is 2.33. The summed E-state index contributed by atoms with van der Waals surface area (Å²) in [7, 11) is 0. The number of halogens is 1. The van der Waals surface area contributed by atoms with Crippen molar-refractivity contribution in [1.82, 2.24) is 4.90 Å². The van der Waals surface area contributed by atoms with Gasteiger partial charge < -0.3 is 5.11 Å². The maximum atomic E-state index is 13.0. The highest BCUT2D eigenvalue weighted by molar-refractivity contribution is 5.37. The van der Waals surface area contributed by atoms with E-state index in [4.69, 9.17) is 6.42 Å². The van der Waals surface area contributed by atoms with E-state index in [1.807, 2.05) is 24.3 Å². The summed E-state index contributed by atoms with van der Waals surface area (Å²) < 4.78 is 13.0. The smallest absolute Gasteiger partial charge is 0.123 e. The van der Waals surface area contributed by atoms with Crippen molar-refractivity contribution in [3.8, 4) is 18.1 Å². The maximum absolute atomic E-state index is 13.0. The number of aryl methyl sites for hydroxylation is 1. The maximum Gasteiger partial charge on any atom is 0.123 e. The van der Waals surface area contributed by atoms with Gasteiger partial charge in [-0.25, -0.2) is 4.39 Å². The number of hydrogen-bond acceptors (Lipinski definition) is 2. The molecule has 0 saturated carbocycles. The summed E-state index contributed by atoms with van der Waals surface area (Å²) in [6, 6.07) is 12.7. The van der Waals surface area contributed by atoms with Gasteiger partial charge in [-0.05, 0) is 66.6 Å². The van der Waals surface area contributed by atoms with E-state index in [1.165, 1.54) is 23.3 Å². The fraction of sp³-hybridized carbons (Fsp3) is 0.333. The molecule has 0 saturated heterocycles. The van der Waals surface area contributed by atoms with Gasteiger partial charge in [0.15, 0.2) is 0 Å². The van der Waals surface area contributed by atoms with Crippen LogP contribution in [0.5, 0.6) is 5.75 Å². The van der Waals surface area contributed by atoms with Crippen molar-refractivity contribution in [1.29, 1.82) is 0 Å². The quantitative estimate of drug-likeness (QED) is 0.851. The SMILES string of the molecule is C#CCN(CCc1ccc(F)cc1)C1CCc2ccc(O)cc2C1. The largest absolute Gasteiger partial charge is 0.508 e. The number of terminal acetylenes is 1. The lowest BCUT2D eigenvalue weighted by Gasteiger charge is -2.34. The number of aromatic hydroxyl groups is 1. The van der Waals surface area contributed by atoms with Crippen LogP contribution < -0.4 is 0 Å². The van der Waals surface area contributed by atoms with Gasteiger partial charge in [-0.15, -0.1) is 6.42 Å². The van der Waals surface area contributed by atoms with Gasteiger partial charge in [0, 0.05) is 12.6 Å². The first kappa shape index (κ1) is 16.5. The van der Waals surface area contributed by atoms with E-state index < -0.39 is 0 Å². The van der Waals surface area contributed by atoms with Gasteiger partial charge >= 0.3 is 0 Å². The van der Waals surface area contributed by atoms with Crippen LogP contribution in [-0.2, 0) is 19.3 Å². The minimum absolute atomic E-state index is 0.206. The molecule has 24 heavy (non-hydrogen) atoms. The molecule has 1 N–H and O–H groups in total. The third-order valence-electron chi connectivity index (χ3n) is 4.80. The molecule has 0 amide bonds. The second-order valence-electron chi connectivity index (χ2n) is 6.40. The van der Waals surface area contributed by atoms with Gasteiger partial charge in [-0.3, -0.25) is 4.90 Å². The predicted molar refractivity (Wildman–Crippen MR) is 94.4 cm³/mol. The third-order valence-corrected chi connectivity index (χ3v) is 4.80. The van der Waals surface area contributed by atoms with E-state index in [1.54, 1.807) is 6.07 Å². The summed E-state index contributed by atoms with van der Waals surface area (Å²) in [6.07, 6.45) is 9.41. The number of hydrogen-bond donors (Lipinski definition) is 1.